The van der Waals surface area contributed by atoms with Gasteiger partial charge in [-0.25, -0.2) is 4.79 Å². The summed E-state index contributed by atoms with van der Waals surface area (Å²) in [5, 5.41) is 0. The van der Waals surface area contributed by atoms with Crippen LogP contribution in [0.2, 0.25) is 0 Å². The lowest BCUT2D eigenvalue weighted by atomic mass is 9.75. The van der Waals surface area contributed by atoms with Crippen LogP contribution in [0.15, 0.2) is 22.7 Å². The topological polar surface area (TPSA) is 52.3 Å². The smallest absolute Gasteiger partial charge is 0.338 e. The van der Waals surface area contributed by atoms with Crippen LogP contribution in [0.1, 0.15) is 50.4 Å². The molecule has 21 heavy (non-hydrogen) atoms. The number of halogens is 1. The molecule has 3 atom stereocenters. The van der Waals surface area contributed by atoms with E-state index in [0.29, 0.717) is 29.0 Å². The lowest BCUT2D eigenvalue weighted by molar-refractivity contribution is -0.0174. The van der Waals surface area contributed by atoms with Crippen molar-refractivity contribution in [1.29, 1.82) is 0 Å². The van der Waals surface area contributed by atoms with Crippen LogP contribution in [0.3, 0.4) is 0 Å². The van der Waals surface area contributed by atoms with Crippen LogP contribution in [0.4, 0.5) is 5.69 Å². The molecular formula is C17H24BrNO2. The summed E-state index contributed by atoms with van der Waals surface area (Å²) in [5.41, 5.74) is 6.87. The highest BCUT2D eigenvalue weighted by Gasteiger charge is 2.33. The summed E-state index contributed by atoms with van der Waals surface area (Å²) < 4.78 is 6.61. The fraction of sp³-hybridized carbons (Fsp3) is 0.588. The van der Waals surface area contributed by atoms with Crippen molar-refractivity contribution >= 4 is 27.6 Å². The number of nitrogens with two attached hydrogens (primary N) is 1. The van der Waals surface area contributed by atoms with E-state index in [9.17, 15) is 4.79 Å². The van der Waals surface area contributed by atoms with Crippen molar-refractivity contribution in [2.75, 3.05) is 5.73 Å². The first kappa shape index (κ1) is 16.3. The van der Waals surface area contributed by atoms with E-state index in [0.717, 1.165) is 17.3 Å². The van der Waals surface area contributed by atoms with E-state index in [1.54, 1.807) is 18.2 Å². The lowest BCUT2D eigenvalue weighted by Crippen LogP contribution is -2.35. The SMILES string of the molecule is CC1CCC(C(C)C)C(OC(=O)c2cc(N)cc(Br)c2)C1. The maximum atomic E-state index is 12.4. The zero-order valence-electron chi connectivity index (χ0n) is 12.9. The molecule has 2 rings (SSSR count). The monoisotopic (exact) mass is 353 g/mol. The maximum absolute atomic E-state index is 12.4. The molecule has 0 amide bonds. The number of esters is 1. The van der Waals surface area contributed by atoms with Crippen LogP contribution in [0.25, 0.3) is 0 Å². The van der Waals surface area contributed by atoms with Crippen LogP contribution < -0.4 is 5.73 Å². The van der Waals surface area contributed by atoms with Gasteiger partial charge in [0.1, 0.15) is 6.10 Å². The molecule has 3 unspecified atom stereocenters. The second kappa shape index (κ2) is 6.82. The summed E-state index contributed by atoms with van der Waals surface area (Å²) in [6, 6.07) is 5.20. The fourth-order valence-electron chi connectivity index (χ4n) is 3.19. The Hall–Kier alpha value is -1.03. The molecule has 0 bridgehead atoms. The van der Waals surface area contributed by atoms with Gasteiger partial charge in [-0.2, -0.15) is 0 Å². The highest BCUT2D eigenvalue weighted by Crippen LogP contribution is 2.35. The first-order chi connectivity index (χ1) is 9.86. The van der Waals surface area contributed by atoms with Crippen molar-refractivity contribution in [3.8, 4) is 0 Å². The molecule has 0 aromatic heterocycles. The zero-order chi connectivity index (χ0) is 15.6. The third-order valence-electron chi connectivity index (χ3n) is 4.38. The van der Waals surface area contributed by atoms with Gasteiger partial charge in [0.2, 0.25) is 0 Å². The van der Waals surface area contributed by atoms with E-state index < -0.39 is 0 Å². The van der Waals surface area contributed by atoms with Crippen LogP contribution >= 0.6 is 15.9 Å². The Bertz CT molecular complexity index is 495. The molecule has 0 heterocycles. The van der Waals surface area contributed by atoms with Crippen molar-refractivity contribution in [2.24, 2.45) is 17.8 Å². The van der Waals surface area contributed by atoms with E-state index in [2.05, 4.69) is 36.7 Å². The third kappa shape index (κ3) is 4.22. The standard InChI is InChI=1S/C17H24BrNO2/c1-10(2)15-5-4-11(3)6-16(15)21-17(20)12-7-13(18)9-14(19)8-12/h7-11,15-16H,4-6,19H2,1-3H3. The summed E-state index contributed by atoms with van der Waals surface area (Å²) in [4.78, 5) is 12.4. The van der Waals surface area contributed by atoms with Crippen molar-refractivity contribution in [3.05, 3.63) is 28.2 Å². The number of anilines is 1. The minimum Gasteiger partial charge on any atom is -0.458 e. The number of carbonyl (C=O) groups is 1. The van der Waals surface area contributed by atoms with Gasteiger partial charge in [0, 0.05) is 10.2 Å². The second-order valence-corrected chi connectivity index (χ2v) is 7.46. The highest BCUT2D eigenvalue weighted by molar-refractivity contribution is 9.10. The Morgan fingerprint density at radius 3 is 2.67 bits per heavy atom. The largest absolute Gasteiger partial charge is 0.458 e. The van der Waals surface area contributed by atoms with Crippen LogP contribution in [-0.2, 0) is 4.74 Å². The van der Waals surface area contributed by atoms with Crippen LogP contribution in [-0.4, -0.2) is 12.1 Å². The number of nitrogen functional groups attached to an aromatic ring is 1. The highest BCUT2D eigenvalue weighted by atomic mass is 79.9. The van der Waals surface area contributed by atoms with Gasteiger partial charge in [0.05, 0.1) is 5.56 Å². The summed E-state index contributed by atoms with van der Waals surface area (Å²) in [5.74, 6) is 1.33. The Labute approximate surface area is 135 Å². The van der Waals surface area contributed by atoms with Gasteiger partial charge in [0.25, 0.3) is 0 Å². The number of ether oxygens (including phenoxy) is 1. The molecule has 1 saturated carbocycles. The molecule has 1 aromatic carbocycles. The van der Waals surface area contributed by atoms with Gasteiger partial charge in [-0.1, -0.05) is 43.1 Å². The van der Waals surface area contributed by atoms with Crippen molar-refractivity contribution in [2.45, 2.75) is 46.1 Å². The van der Waals surface area contributed by atoms with Gasteiger partial charge in [-0.15, -0.1) is 0 Å². The molecule has 116 valence electrons. The average molecular weight is 354 g/mol. The Morgan fingerprint density at radius 1 is 1.33 bits per heavy atom. The van der Waals surface area contributed by atoms with E-state index in [4.69, 9.17) is 10.5 Å². The first-order valence-corrected chi connectivity index (χ1v) is 8.43. The third-order valence-corrected chi connectivity index (χ3v) is 4.83. The van der Waals surface area contributed by atoms with Crippen LogP contribution in [0.5, 0.6) is 0 Å². The average Bonchev–Trinajstić information content (AvgIpc) is 2.37. The van der Waals surface area contributed by atoms with Crippen molar-refractivity contribution in [3.63, 3.8) is 0 Å². The molecule has 1 fully saturated rings. The molecule has 1 aliphatic carbocycles. The van der Waals surface area contributed by atoms with Crippen molar-refractivity contribution in [1.82, 2.24) is 0 Å². The van der Waals surface area contributed by atoms with Gasteiger partial charge >= 0.3 is 5.97 Å². The summed E-state index contributed by atoms with van der Waals surface area (Å²) >= 11 is 3.36. The molecular weight excluding hydrogens is 330 g/mol. The van der Waals surface area contributed by atoms with Crippen LogP contribution in [0, 0.1) is 17.8 Å². The second-order valence-electron chi connectivity index (χ2n) is 6.54. The van der Waals surface area contributed by atoms with Gasteiger partial charge in [0.15, 0.2) is 0 Å². The summed E-state index contributed by atoms with van der Waals surface area (Å²) in [6.07, 6.45) is 3.33. The number of rotatable bonds is 3. The minimum absolute atomic E-state index is 0.0152. The summed E-state index contributed by atoms with van der Waals surface area (Å²) in [6.45, 7) is 6.64. The molecule has 3 nitrogen and oxygen atoms in total. The molecule has 1 aliphatic rings. The molecule has 0 spiro atoms. The minimum atomic E-state index is -0.271. The molecule has 2 N–H and O–H groups in total. The van der Waals surface area contributed by atoms with Crippen molar-refractivity contribution < 1.29 is 9.53 Å². The van der Waals surface area contributed by atoms with Gasteiger partial charge < -0.3 is 10.5 Å². The normalized spacial score (nSPS) is 25.9. The van der Waals surface area contributed by atoms with E-state index >= 15 is 0 Å². The quantitative estimate of drug-likeness (QED) is 0.635. The Kier molecular flexibility index (Phi) is 5.31. The molecule has 4 heteroatoms. The van der Waals surface area contributed by atoms with Gasteiger partial charge in [-0.05, 0) is 48.8 Å². The van der Waals surface area contributed by atoms with E-state index in [1.807, 2.05) is 0 Å². The molecule has 0 radical (unpaired) electrons. The molecule has 0 saturated heterocycles. The molecule has 1 aromatic rings. The predicted molar refractivity (Wildman–Crippen MR) is 89.1 cm³/mol. The Morgan fingerprint density at radius 2 is 2.05 bits per heavy atom. The molecule has 0 aliphatic heterocycles. The first-order valence-electron chi connectivity index (χ1n) is 7.64. The summed E-state index contributed by atoms with van der Waals surface area (Å²) in [7, 11) is 0. The fourth-order valence-corrected chi connectivity index (χ4v) is 3.70. The number of carbonyl (C=O) groups excluding carboxylic acids is 1. The lowest BCUT2D eigenvalue weighted by Gasteiger charge is -2.36. The van der Waals surface area contributed by atoms with E-state index in [-0.39, 0.29) is 12.1 Å². The maximum Gasteiger partial charge on any atom is 0.338 e. The number of hydrogen-bond acceptors (Lipinski definition) is 3. The predicted octanol–water partition coefficient (Wildman–Crippen LogP) is 4.65. The number of benzene rings is 1. The number of hydrogen-bond donors (Lipinski definition) is 1. The van der Waals surface area contributed by atoms with E-state index in [1.165, 1.54) is 6.42 Å². The zero-order valence-corrected chi connectivity index (χ0v) is 14.5. The Balaban J connectivity index is 2.12. The van der Waals surface area contributed by atoms with Gasteiger partial charge in [-0.3, -0.25) is 0 Å².